The smallest absolute Gasteiger partial charge is 0.0731 e. The quantitative estimate of drug-likeness (QED) is 0.907. The van der Waals surface area contributed by atoms with Crippen LogP contribution >= 0.6 is 27.3 Å². The number of hydrogen-bond donors (Lipinski definition) is 1. The zero-order chi connectivity index (χ0) is 13.4. The van der Waals surface area contributed by atoms with Crippen molar-refractivity contribution >= 4 is 27.3 Å². The van der Waals surface area contributed by atoms with Gasteiger partial charge in [0.15, 0.2) is 0 Å². The lowest BCUT2D eigenvalue weighted by Gasteiger charge is -2.16. The van der Waals surface area contributed by atoms with Gasteiger partial charge in [-0.3, -0.25) is 0 Å². The first-order valence-corrected chi connectivity index (χ1v) is 7.92. The van der Waals surface area contributed by atoms with Gasteiger partial charge in [-0.15, -0.1) is 11.3 Å². The SMILES string of the molecule is CNC(c1ccc2c(c1)COC2)c1cc(C)c(Br)s1. The molecule has 100 valence electrons. The van der Waals surface area contributed by atoms with E-state index in [9.17, 15) is 0 Å². The molecule has 3 rings (SSSR count). The second-order valence-electron chi connectivity index (χ2n) is 4.85. The van der Waals surface area contributed by atoms with Crippen molar-refractivity contribution in [1.82, 2.24) is 5.32 Å². The summed E-state index contributed by atoms with van der Waals surface area (Å²) in [6.45, 7) is 3.63. The molecule has 0 saturated heterocycles. The van der Waals surface area contributed by atoms with E-state index < -0.39 is 0 Å². The van der Waals surface area contributed by atoms with Crippen LogP contribution in [0.15, 0.2) is 28.1 Å². The zero-order valence-electron chi connectivity index (χ0n) is 11.0. The lowest BCUT2D eigenvalue weighted by Crippen LogP contribution is -2.16. The molecule has 1 aliphatic heterocycles. The highest BCUT2D eigenvalue weighted by Gasteiger charge is 2.18. The van der Waals surface area contributed by atoms with Gasteiger partial charge < -0.3 is 10.1 Å². The molecule has 1 aromatic carbocycles. The minimum absolute atomic E-state index is 0.251. The van der Waals surface area contributed by atoms with Crippen LogP contribution < -0.4 is 5.32 Å². The van der Waals surface area contributed by atoms with E-state index in [1.165, 1.54) is 30.9 Å². The van der Waals surface area contributed by atoms with Gasteiger partial charge in [0.2, 0.25) is 0 Å². The minimum Gasteiger partial charge on any atom is -0.372 e. The molecule has 0 aliphatic carbocycles. The predicted octanol–water partition coefficient (Wildman–Crippen LogP) is 4.16. The molecule has 1 aromatic heterocycles. The second kappa shape index (κ2) is 5.37. The largest absolute Gasteiger partial charge is 0.372 e. The molecule has 0 spiro atoms. The molecule has 0 bridgehead atoms. The summed E-state index contributed by atoms with van der Waals surface area (Å²) in [5.74, 6) is 0. The van der Waals surface area contributed by atoms with Crippen molar-refractivity contribution in [3.63, 3.8) is 0 Å². The summed E-state index contributed by atoms with van der Waals surface area (Å²) in [7, 11) is 2.01. The third-order valence-electron chi connectivity index (χ3n) is 3.53. The van der Waals surface area contributed by atoms with Gasteiger partial charge in [0, 0.05) is 4.88 Å². The number of hydrogen-bond acceptors (Lipinski definition) is 3. The number of ether oxygens (including phenoxy) is 1. The number of thiophene rings is 1. The van der Waals surface area contributed by atoms with Crippen molar-refractivity contribution in [2.75, 3.05) is 7.05 Å². The number of rotatable bonds is 3. The van der Waals surface area contributed by atoms with E-state index in [1.807, 2.05) is 7.05 Å². The van der Waals surface area contributed by atoms with Gasteiger partial charge in [0.1, 0.15) is 0 Å². The predicted molar refractivity (Wildman–Crippen MR) is 82.6 cm³/mol. The highest BCUT2D eigenvalue weighted by atomic mass is 79.9. The molecule has 1 atom stereocenters. The molecule has 2 heterocycles. The van der Waals surface area contributed by atoms with Crippen LogP contribution in [-0.4, -0.2) is 7.05 Å². The zero-order valence-corrected chi connectivity index (χ0v) is 13.4. The number of benzene rings is 1. The van der Waals surface area contributed by atoms with E-state index >= 15 is 0 Å². The van der Waals surface area contributed by atoms with Crippen molar-refractivity contribution in [1.29, 1.82) is 0 Å². The topological polar surface area (TPSA) is 21.3 Å². The fraction of sp³-hybridized carbons (Fsp3) is 0.333. The van der Waals surface area contributed by atoms with Crippen LogP contribution in [0.2, 0.25) is 0 Å². The normalized spacial score (nSPS) is 15.5. The standard InChI is InChI=1S/C15H16BrNOS/c1-9-5-13(19-15(9)16)14(17-2)10-3-4-11-7-18-8-12(11)6-10/h3-6,14,17H,7-8H2,1-2H3. The van der Waals surface area contributed by atoms with Gasteiger partial charge >= 0.3 is 0 Å². The molecule has 2 nitrogen and oxygen atoms in total. The highest BCUT2D eigenvalue weighted by Crippen LogP contribution is 2.35. The Morgan fingerprint density at radius 2 is 2.05 bits per heavy atom. The Hall–Kier alpha value is -0.680. The van der Waals surface area contributed by atoms with E-state index in [0.717, 1.165) is 13.2 Å². The van der Waals surface area contributed by atoms with Crippen molar-refractivity contribution in [2.24, 2.45) is 0 Å². The summed E-state index contributed by atoms with van der Waals surface area (Å²) in [5.41, 5.74) is 5.25. The van der Waals surface area contributed by atoms with Crippen LogP contribution in [0.4, 0.5) is 0 Å². The first-order chi connectivity index (χ1) is 9.19. The minimum atomic E-state index is 0.251. The van der Waals surface area contributed by atoms with Gasteiger partial charge in [-0.05, 0) is 58.2 Å². The van der Waals surface area contributed by atoms with Gasteiger partial charge in [-0.25, -0.2) is 0 Å². The molecule has 1 N–H and O–H groups in total. The van der Waals surface area contributed by atoms with E-state index in [-0.39, 0.29) is 6.04 Å². The molecular weight excluding hydrogens is 322 g/mol. The molecular formula is C15H16BrNOS. The molecule has 0 amide bonds. The number of aryl methyl sites for hydroxylation is 1. The summed E-state index contributed by atoms with van der Waals surface area (Å²) in [5, 5.41) is 3.42. The van der Waals surface area contributed by atoms with Crippen molar-refractivity contribution < 1.29 is 4.74 Å². The van der Waals surface area contributed by atoms with E-state index in [4.69, 9.17) is 4.74 Å². The molecule has 1 unspecified atom stereocenters. The average molecular weight is 338 g/mol. The number of halogens is 1. The summed E-state index contributed by atoms with van der Waals surface area (Å²) >= 11 is 5.40. The molecule has 0 saturated carbocycles. The van der Waals surface area contributed by atoms with Gasteiger partial charge in [-0.2, -0.15) is 0 Å². The monoisotopic (exact) mass is 337 g/mol. The molecule has 0 fully saturated rings. The molecule has 4 heteroatoms. The molecule has 0 radical (unpaired) electrons. The van der Waals surface area contributed by atoms with Crippen LogP contribution in [0.1, 0.15) is 33.2 Å². The number of nitrogens with one attached hydrogen (secondary N) is 1. The van der Waals surface area contributed by atoms with Crippen molar-refractivity contribution in [3.8, 4) is 0 Å². The fourth-order valence-corrected chi connectivity index (χ4v) is 4.18. The van der Waals surface area contributed by atoms with E-state index in [0.29, 0.717) is 0 Å². The molecule has 2 aromatic rings. The van der Waals surface area contributed by atoms with Crippen LogP contribution in [0.3, 0.4) is 0 Å². The summed E-state index contributed by atoms with van der Waals surface area (Å²) in [4.78, 5) is 1.34. The summed E-state index contributed by atoms with van der Waals surface area (Å²) < 4.78 is 6.70. The third kappa shape index (κ3) is 2.50. The van der Waals surface area contributed by atoms with Crippen molar-refractivity contribution in [3.05, 3.63) is 55.2 Å². The van der Waals surface area contributed by atoms with Gasteiger partial charge in [0.05, 0.1) is 23.0 Å². The third-order valence-corrected chi connectivity index (χ3v) is 5.73. The van der Waals surface area contributed by atoms with Gasteiger partial charge in [0.25, 0.3) is 0 Å². The van der Waals surface area contributed by atoms with Gasteiger partial charge in [-0.1, -0.05) is 18.2 Å². The Bertz CT molecular complexity index is 589. The summed E-state index contributed by atoms with van der Waals surface area (Å²) in [6.07, 6.45) is 0. The van der Waals surface area contributed by atoms with Crippen molar-refractivity contribution in [2.45, 2.75) is 26.2 Å². The van der Waals surface area contributed by atoms with Crippen LogP contribution in [0, 0.1) is 6.92 Å². The Balaban J connectivity index is 1.98. The first kappa shape index (κ1) is 13.3. The lowest BCUT2D eigenvalue weighted by atomic mass is 10.00. The Kier molecular flexibility index (Phi) is 3.76. The average Bonchev–Trinajstić information content (AvgIpc) is 2.98. The molecule has 1 aliphatic rings. The molecule has 19 heavy (non-hydrogen) atoms. The highest BCUT2D eigenvalue weighted by molar-refractivity contribution is 9.11. The summed E-state index contributed by atoms with van der Waals surface area (Å²) in [6, 6.07) is 9.17. The lowest BCUT2D eigenvalue weighted by molar-refractivity contribution is 0.134. The van der Waals surface area contributed by atoms with Crippen LogP contribution in [0.5, 0.6) is 0 Å². The maximum atomic E-state index is 5.49. The van der Waals surface area contributed by atoms with E-state index in [2.05, 4.69) is 52.4 Å². The van der Waals surface area contributed by atoms with Crippen LogP contribution in [0.25, 0.3) is 0 Å². The maximum Gasteiger partial charge on any atom is 0.0731 e. The van der Waals surface area contributed by atoms with E-state index in [1.54, 1.807) is 11.3 Å². The second-order valence-corrected chi connectivity index (χ2v) is 7.25. The Morgan fingerprint density at radius 3 is 2.74 bits per heavy atom. The Morgan fingerprint density at radius 1 is 1.26 bits per heavy atom. The van der Waals surface area contributed by atoms with Crippen LogP contribution in [-0.2, 0) is 18.0 Å². The first-order valence-electron chi connectivity index (χ1n) is 6.31. The number of fused-ring (bicyclic) bond motifs is 1. The maximum absolute atomic E-state index is 5.49. The Labute approximate surface area is 125 Å². The fourth-order valence-electron chi connectivity index (χ4n) is 2.47.